The first-order valence-electron chi connectivity index (χ1n) is 17.0. The van der Waals surface area contributed by atoms with E-state index in [2.05, 4.69) is 26.1 Å². The van der Waals surface area contributed by atoms with Crippen LogP contribution in [0.1, 0.15) is 91.1 Å². The molecule has 47 heavy (non-hydrogen) atoms. The lowest BCUT2D eigenvalue weighted by Crippen LogP contribution is -2.65. The normalized spacial score (nSPS) is 27.7. The Bertz CT molecular complexity index is 1350. The summed E-state index contributed by atoms with van der Waals surface area (Å²) < 4.78 is 30.4. The molecule has 3 aliphatic carbocycles. The zero-order valence-electron chi connectivity index (χ0n) is 29.9. The molecule has 1 aromatic carbocycles. The molecule has 3 saturated carbocycles. The van der Waals surface area contributed by atoms with Crippen molar-refractivity contribution in [1.29, 1.82) is 0 Å². The van der Waals surface area contributed by atoms with Crippen LogP contribution in [0.3, 0.4) is 0 Å². The number of hydrogen-bond donors (Lipinski definition) is 1. The monoisotopic (exact) mass is 655 g/mol. The third-order valence-corrected chi connectivity index (χ3v) is 10.4. The Labute approximate surface area is 280 Å². The molecule has 2 amide bonds. The molecule has 1 aromatic rings. The second-order valence-electron chi connectivity index (χ2n) is 16.5. The number of carbonyl (C=O) groups is 3. The lowest BCUT2D eigenvalue weighted by molar-refractivity contribution is -0.199. The minimum atomic E-state index is -0.678. The maximum Gasteiger partial charge on any atom is 0.482 e. The number of methoxy groups -OCH3 is 1. The summed E-state index contributed by atoms with van der Waals surface area (Å²) in [5.41, 5.74) is -0.444. The number of hydrogen-bond acceptors (Lipinski definition) is 9. The van der Waals surface area contributed by atoms with Crippen molar-refractivity contribution in [3.8, 4) is 5.75 Å². The molecular weight excluding hydrogens is 601 g/mol. The van der Waals surface area contributed by atoms with E-state index >= 15 is 0 Å². The molecule has 5 fully saturated rings. The molecule has 11 nitrogen and oxygen atoms in total. The van der Waals surface area contributed by atoms with Crippen LogP contribution < -0.4 is 10.1 Å². The van der Waals surface area contributed by atoms with Crippen LogP contribution in [0.25, 0.3) is 0 Å². The number of ether oxygens (including phenoxy) is 3. The lowest BCUT2D eigenvalue weighted by Gasteiger charge is -2.64. The number of benzene rings is 1. The fraction of sp³-hybridized carbons (Fsp3) is 0.743. The van der Waals surface area contributed by atoms with Gasteiger partial charge in [0, 0.05) is 26.2 Å². The number of esters is 1. The van der Waals surface area contributed by atoms with Crippen LogP contribution in [0.5, 0.6) is 5.75 Å². The zero-order valence-corrected chi connectivity index (χ0v) is 29.9. The van der Waals surface area contributed by atoms with E-state index in [1.807, 2.05) is 52.5 Å². The van der Waals surface area contributed by atoms with Crippen molar-refractivity contribution >= 4 is 25.1 Å². The Balaban J connectivity index is 1.32. The third kappa shape index (κ3) is 7.59. The van der Waals surface area contributed by atoms with Gasteiger partial charge in [0.15, 0.2) is 0 Å². The first-order chi connectivity index (χ1) is 21.8. The van der Waals surface area contributed by atoms with Crippen molar-refractivity contribution in [1.82, 2.24) is 15.1 Å². The molecule has 2 saturated heterocycles. The van der Waals surface area contributed by atoms with E-state index in [0.29, 0.717) is 55.7 Å². The first kappa shape index (κ1) is 35.5. The Morgan fingerprint density at radius 2 is 1.66 bits per heavy atom. The molecule has 5 unspecified atom stereocenters. The molecule has 260 valence electrons. The van der Waals surface area contributed by atoms with Crippen molar-refractivity contribution in [2.24, 2.45) is 17.3 Å². The van der Waals surface area contributed by atoms with Crippen molar-refractivity contribution in [3.05, 3.63) is 29.3 Å². The van der Waals surface area contributed by atoms with Crippen LogP contribution in [-0.2, 0) is 30.0 Å². The molecule has 12 heteroatoms. The molecule has 1 N–H and O–H groups in total. The van der Waals surface area contributed by atoms with E-state index in [1.165, 1.54) is 7.11 Å². The number of piperazine rings is 1. The van der Waals surface area contributed by atoms with E-state index in [4.69, 9.17) is 23.5 Å². The van der Waals surface area contributed by atoms with Gasteiger partial charge in [0.2, 0.25) is 5.91 Å². The van der Waals surface area contributed by atoms with E-state index < -0.39 is 35.8 Å². The molecule has 2 heterocycles. The van der Waals surface area contributed by atoms with Gasteiger partial charge in [0.1, 0.15) is 22.5 Å². The van der Waals surface area contributed by atoms with Gasteiger partial charge in [-0.3, -0.25) is 9.69 Å². The first-order valence-corrected chi connectivity index (χ1v) is 17.0. The van der Waals surface area contributed by atoms with Crippen LogP contribution in [0.2, 0.25) is 0 Å². The number of nitrogens with zero attached hydrogens (tertiary/aromatic N) is 2. The van der Waals surface area contributed by atoms with Gasteiger partial charge in [-0.1, -0.05) is 26.0 Å². The maximum absolute atomic E-state index is 13.7. The van der Waals surface area contributed by atoms with Crippen LogP contribution in [0, 0.1) is 17.3 Å². The summed E-state index contributed by atoms with van der Waals surface area (Å²) in [4.78, 5) is 43.0. The van der Waals surface area contributed by atoms with Crippen LogP contribution in [0.4, 0.5) is 4.79 Å². The Hall–Kier alpha value is -2.83. The van der Waals surface area contributed by atoms with E-state index in [0.717, 1.165) is 18.4 Å². The minimum absolute atomic E-state index is 0.0559. The number of amides is 2. The average molecular weight is 656 g/mol. The van der Waals surface area contributed by atoms with E-state index in [9.17, 15) is 14.4 Å². The predicted molar refractivity (Wildman–Crippen MR) is 178 cm³/mol. The van der Waals surface area contributed by atoms with Crippen LogP contribution in [-0.4, -0.2) is 104 Å². The van der Waals surface area contributed by atoms with Gasteiger partial charge in [-0.2, -0.15) is 0 Å². The van der Waals surface area contributed by atoms with Gasteiger partial charge in [-0.05, 0) is 96.6 Å². The van der Waals surface area contributed by atoms with Gasteiger partial charge in [-0.15, -0.1) is 0 Å². The summed E-state index contributed by atoms with van der Waals surface area (Å²) in [6, 6.07) is 5.38. The molecule has 0 spiro atoms. The summed E-state index contributed by atoms with van der Waals surface area (Å²) in [7, 11) is 0.855. The van der Waals surface area contributed by atoms with Gasteiger partial charge in [0.25, 0.3) is 0 Å². The topological polar surface area (TPSA) is 116 Å². The van der Waals surface area contributed by atoms with Crippen LogP contribution >= 0.6 is 0 Å². The number of nitrogens with one attached hydrogen (secondary N) is 1. The summed E-state index contributed by atoms with van der Waals surface area (Å²) in [5, 5.41) is 3.23. The third-order valence-electron chi connectivity index (χ3n) is 10.4. The molecule has 2 bridgehead atoms. The second-order valence-corrected chi connectivity index (χ2v) is 16.5. The maximum atomic E-state index is 13.7. The highest BCUT2D eigenvalue weighted by Gasteiger charge is 2.68. The largest absolute Gasteiger partial charge is 0.496 e. The van der Waals surface area contributed by atoms with Gasteiger partial charge < -0.3 is 33.7 Å². The van der Waals surface area contributed by atoms with Gasteiger partial charge in [-0.25, -0.2) is 9.59 Å². The Kier molecular flexibility index (Phi) is 9.73. The molecule has 2 aliphatic heterocycles. The van der Waals surface area contributed by atoms with Crippen LogP contribution in [0.15, 0.2) is 18.2 Å². The molecule has 6 rings (SSSR count). The van der Waals surface area contributed by atoms with Crippen molar-refractivity contribution < 1.29 is 37.9 Å². The number of para-hydroxylation sites is 1. The highest BCUT2D eigenvalue weighted by atomic mass is 16.7. The van der Waals surface area contributed by atoms with Crippen molar-refractivity contribution in [3.63, 3.8) is 0 Å². The molecule has 0 aromatic heterocycles. The summed E-state index contributed by atoms with van der Waals surface area (Å²) in [6.45, 7) is 20.0. The lowest BCUT2D eigenvalue weighted by atomic mass is 9.43. The van der Waals surface area contributed by atoms with E-state index in [1.54, 1.807) is 17.0 Å². The smallest absolute Gasteiger partial charge is 0.482 e. The highest BCUT2D eigenvalue weighted by molar-refractivity contribution is 6.48. The van der Waals surface area contributed by atoms with Gasteiger partial charge >= 0.3 is 19.2 Å². The summed E-state index contributed by atoms with van der Waals surface area (Å²) in [5.74, 6) is 0.175. The van der Waals surface area contributed by atoms with Crippen molar-refractivity contribution in [2.75, 3.05) is 39.8 Å². The van der Waals surface area contributed by atoms with E-state index in [-0.39, 0.29) is 30.1 Å². The predicted octanol–water partition coefficient (Wildman–Crippen LogP) is 4.50. The fourth-order valence-corrected chi connectivity index (χ4v) is 7.87. The fourth-order valence-electron chi connectivity index (χ4n) is 7.87. The Morgan fingerprint density at radius 3 is 2.26 bits per heavy atom. The molecule has 0 radical (unpaired) electrons. The second kappa shape index (κ2) is 12.9. The molecule has 5 atom stereocenters. The summed E-state index contributed by atoms with van der Waals surface area (Å²) in [6.07, 6.45) is 1.98. The zero-order chi connectivity index (χ0) is 34.5. The standard InChI is InChI=1S/C35H54BN3O8/c1-32(2,3)44-30(41)24-13-11-12-22(29(24)43-10)18-27(36-46-26-20-23-19-25(34(23,7)8)35(26,9)47-36)37-28(40)21-38-14-16-39(17-15-38)31(42)45-33(4,5)6/h11-13,23,25-27H,14-21H2,1-10H3,(H,37,40). The minimum Gasteiger partial charge on any atom is -0.496 e. The van der Waals surface area contributed by atoms with Crippen molar-refractivity contribution in [2.45, 2.75) is 110 Å². The average Bonchev–Trinajstić information content (AvgIpc) is 3.32. The molecular formula is C35H54BN3O8. The quantitative estimate of drug-likeness (QED) is 0.319. The number of carbonyl (C=O) groups excluding carboxylic acids is 3. The SMILES string of the molecule is COc1c(CC(NC(=O)CN2CCN(C(=O)OC(C)(C)C)CC2)B2OC3CC4CC(C4(C)C)C3(C)O2)cccc1C(=O)OC(C)(C)C. The number of rotatable bonds is 8. The summed E-state index contributed by atoms with van der Waals surface area (Å²) >= 11 is 0. The Morgan fingerprint density at radius 1 is 1.00 bits per heavy atom. The molecule has 5 aliphatic rings. The highest BCUT2D eigenvalue weighted by Crippen LogP contribution is 2.65. The van der Waals surface area contributed by atoms with Gasteiger partial charge in [0.05, 0.1) is 31.3 Å².